The average Bonchev–Trinajstić information content (AvgIpc) is 2.71. The van der Waals surface area contributed by atoms with Gasteiger partial charge in [-0.05, 0) is 18.2 Å². The summed E-state index contributed by atoms with van der Waals surface area (Å²) in [6.45, 7) is 2.98. The fourth-order valence-corrected chi connectivity index (χ4v) is 2.75. The Hall–Kier alpha value is -3.36. The Balaban J connectivity index is 1.44. The number of aromatic nitrogens is 5. The van der Waals surface area contributed by atoms with Gasteiger partial charge in [-0.2, -0.15) is 10.1 Å². The van der Waals surface area contributed by atoms with Crippen LogP contribution >= 0.6 is 0 Å². The monoisotopic (exact) mass is 352 g/mol. The summed E-state index contributed by atoms with van der Waals surface area (Å²) >= 11 is 0. The topological polar surface area (TPSA) is 83.0 Å². The van der Waals surface area contributed by atoms with E-state index < -0.39 is 0 Å². The van der Waals surface area contributed by atoms with Gasteiger partial charge in [-0.25, -0.2) is 14.4 Å². The van der Waals surface area contributed by atoms with Crippen LogP contribution in [0, 0.1) is 5.82 Å². The van der Waals surface area contributed by atoms with Gasteiger partial charge in [0.2, 0.25) is 11.9 Å². The van der Waals surface area contributed by atoms with Gasteiger partial charge in [-0.15, -0.1) is 5.10 Å². The molecule has 26 heavy (non-hydrogen) atoms. The van der Waals surface area contributed by atoms with E-state index in [4.69, 9.17) is 0 Å². The fraction of sp³-hybridized carbons (Fsp3) is 0.235. The number of benzene rings is 1. The lowest BCUT2D eigenvalue weighted by Crippen LogP contribution is -2.47. The van der Waals surface area contributed by atoms with Crippen molar-refractivity contribution in [3.63, 3.8) is 0 Å². The minimum absolute atomic E-state index is 0.343. The number of nitrogens with one attached hydrogen (secondary N) is 1. The van der Waals surface area contributed by atoms with E-state index in [-0.39, 0.29) is 5.82 Å². The first-order valence-corrected chi connectivity index (χ1v) is 8.28. The molecule has 3 aromatic rings. The second-order valence-electron chi connectivity index (χ2n) is 5.77. The molecule has 4 rings (SSSR count). The van der Waals surface area contributed by atoms with Crippen molar-refractivity contribution in [3.05, 3.63) is 54.7 Å². The van der Waals surface area contributed by atoms with E-state index in [9.17, 15) is 4.39 Å². The molecule has 0 saturated carbocycles. The molecule has 3 heterocycles. The lowest BCUT2D eigenvalue weighted by Gasteiger charge is -2.34. The van der Waals surface area contributed by atoms with Gasteiger partial charge < -0.3 is 15.1 Å². The quantitative estimate of drug-likeness (QED) is 0.762. The molecule has 8 nitrogen and oxygen atoms in total. The van der Waals surface area contributed by atoms with Crippen molar-refractivity contribution < 1.29 is 4.39 Å². The zero-order valence-corrected chi connectivity index (χ0v) is 14.0. The summed E-state index contributed by atoms with van der Waals surface area (Å²) in [6, 6.07) is 8.23. The van der Waals surface area contributed by atoms with Crippen LogP contribution in [0.2, 0.25) is 0 Å². The minimum atomic E-state index is -0.343. The van der Waals surface area contributed by atoms with Crippen LogP contribution in [0.4, 0.5) is 27.8 Å². The number of piperazine rings is 1. The van der Waals surface area contributed by atoms with Crippen LogP contribution in [-0.4, -0.2) is 51.3 Å². The predicted molar refractivity (Wildman–Crippen MR) is 96.0 cm³/mol. The van der Waals surface area contributed by atoms with Crippen molar-refractivity contribution in [2.75, 3.05) is 41.3 Å². The Morgan fingerprint density at radius 1 is 0.885 bits per heavy atom. The third-order valence-corrected chi connectivity index (χ3v) is 4.08. The molecule has 9 heteroatoms. The maximum absolute atomic E-state index is 13.8. The van der Waals surface area contributed by atoms with Crippen LogP contribution in [0.5, 0.6) is 0 Å². The summed E-state index contributed by atoms with van der Waals surface area (Å²) in [6.07, 6.45) is 4.95. The van der Waals surface area contributed by atoms with Gasteiger partial charge >= 0.3 is 0 Å². The summed E-state index contributed by atoms with van der Waals surface area (Å²) in [5, 5.41) is 11.0. The first-order valence-electron chi connectivity index (χ1n) is 8.28. The van der Waals surface area contributed by atoms with E-state index in [0.29, 0.717) is 17.5 Å². The largest absolute Gasteiger partial charge is 0.337 e. The van der Waals surface area contributed by atoms with Gasteiger partial charge in [0.15, 0.2) is 5.82 Å². The molecule has 1 fully saturated rings. The predicted octanol–water partition coefficient (Wildman–Crippen LogP) is 1.87. The third-order valence-electron chi connectivity index (χ3n) is 4.08. The Bertz CT molecular complexity index is 867. The molecule has 0 bridgehead atoms. The van der Waals surface area contributed by atoms with Crippen LogP contribution < -0.4 is 15.1 Å². The maximum Gasteiger partial charge on any atom is 0.247 e. The van der Waals surface area contributed by atoms with Crippen LogP contribution in [-0.2, 0) is 0 Å². The van der Waals surface area contributed by atoms with Crippen LogP contribution in [0.15, 0.2) is 48.9 Å². The van der Waals surface area contributed by atoms with Gasteiger partial charge in [0.25, 0.3) is 0 Å². The fourth-order valence-electron chi connectivity index (χ4n) is 2.75. The van der Waals surface area contributed by atoms with E-state index in [0.717, 1.165) is 32.1 Å². The standard InChI is InChI=1S/C17H17FN8/c18-13-4-1-2-5-14(13)22-15-12-21-24-17(23-15)26-10-8-25(9-11-26)16-19-6-3-7-20-16/h1-7,12H,8-11H2,(H,22,23,24). The highest BCUT2D eigenvalue weighted by Gasteiger charge is 2.21. The summed E-state index contributed by atoms with van der Waals surface area (Å²) < 4.78 is 13.8. The molecule has 1 saturated heterocycles. The zero-order valence-electron chi connectivity index (χ0n) is 14.0. The Morgan fingerprint density at radius 3 is 2.31 bits per heavy atom. The number of rotatable bonds is 4. The van der Waals surface area contributed by atoms with Crippen molar-refractivity contribution in [1.29, 1.82) is 0 Å². The van der Waals surface area contributed by atoms with Gasteiger partial charge in [-0.3, -0.25) is 0 Å². The van der Waals surface area contributed by atoms with E-state index >= 15 is 0 Å². The van der Waals surface area contributed by atoms with Crippen LogP contribution in [0.1, 0.15) is 0 Å². The summed E-state index contributed by atoms with van der Waals surface area (Å²) in [7, 11) is 0. The molecule has 1 N–H and O–H groups in total. The maximum atomic E-state index is 13.8. The molecule has 0 aliphatic carbocycles. The number of para-hydroxylation sites is 1. The number of halogens is 1. The van der Waals surface area contributed by atoms with Gasteiger partial charge in [0, 0.05) is 38.6 Å². The Labute approximate surface area is 149 Å². The molecule has 1 aliphatic rings. The van der Waals surface area contributed by atoms with Crippen molar-refractivity contribution >= 4 is 23.4 Å². The molecule has 0 radical (unpaired) electrons. The molecule has 0 unspecified atom stereocenters. The molecule has 1 aliphatic heterocycles. The van der Waals surface area contributed by atoms with E-state index in [2.05, 4.69) is 35.4 Å². The highest BCUT2D eigenvalue weighted by atomic mass is 19.1. The van der Waals surface area contributed by atoms with Gasteiger partial charge in [0.05, 0.1) is 11.9 Å². The molecule has 1 aromatic carbocycles. The molecule has 0 atom stereocenters. The normalized spacial score (nSPS) is 14.3. The van der Waals surface area contributed by atoms with Crippen molar-refractivity contribution in [2.45, 2.75) is 0 Å². The third kappa shape index (κ3) is 3.51. The van der Waals surface area contributed by atoms with E-state index in [1.54, 1.807) is 36.7 Å². The number of hydrogen-bond donors (Lipinski definition) is 1. The smallest absolute Gasteiger partial charge is 0.247 e. The molecule has 2 aromatic heterocycles. The molecule has 0 spiro atoms. The second kappa shape index (κ2) is 7.26. The number of hydrogen-bond acceptors (Lipinski definition) is 8. The van der Waals surface area contributed by atoms with Crippen LogP contribution in [0.3, 0.4) is 0 Å². The van der Waals surface area contributed by atoms with Gasteiger partial charge in [0.1, 0.15) is 5.82 Å². The van der Waals surface area contributed by atoms with Crippen LogP contribution in [0.25, 0.3) is 0 Å². The molecule has 132 valence electrons. The first kappa shape index (κ1) is 16.1. The lowest BCUT2D eigenvalue weighted by molar-refractivity contribution is 0.623. The van der Waals surface area contributed by atoms with Gasteiger partial charge in [-0.1, -0.05) is 12.1 Å². The summed E-state index contributed by atoms with van der Waals surface area (Å²) in [5.74, 6) is 1.35. The number of anilines is 4. The highest BCUT2D eigenvalue weighted by molar-refractivity contribution is 5.56. The highest BCUT2D eigenvalue weighted by Crippen LogP contribution is 2.19. The SMILES string of the molecule is Fc1ccccc1Nc1cnnc(N2CCN(c3ncccn3)CC2)n1. The summed E-state index contributed by atoms with van der Waals surface area (Å²) in [5.41, 5.74) is 0.352. The Kier molecular flexibility index (Phi) is 4.50. The molecular weight excluding hydrogens is 335 g/mol. The first-order chi connectivity index (χ1) is 12.8. The summed E-state index contributed by atoms with van der Waals surface area (Å²) in [4.78, 5) is 17.2. The average molecular weight is 352 g/mol. The van der Waals surface area contributed by atoms with E-state index in [1.165, 1.54) is 12.3 Å². The Morgan fingerprint density at radius 2 is 1.58 bits per heavy atom. The van der Waals surface area contributed by atoms with Crippen molar-refractivity contribution in [2.24, 2.45) is 0 Å². The van der Waals surface area contributed by atoms with Crippen molar-refractivity contribution in [3.8, 4) is 0 Å². The van der Waals surface area contributed by atoms with Crippen molar-refractivity contribution in [1.82, 2.24) is 25.1 Å². The minimum Gasteiger partial charge on any atom is -0.337 e. The number of nitrogens with zero attached hydrogens (tertiary/aromatic N) is 7. The lowest BCUT2D eigenvalue weighted by atomic mass is 10.3. The zero-order chi connectivity index (χ0) is 17.8. The van der Waals surface area contributed by atoms with E-state index in [1.807, 2.05) is 4.90 Å². The molecule has 0 amide bonds. The molecular formula is C17H17FN8. The second-order valence-corrected chi connectivity index (χ2v) is 5.77.